The minimum absolute atomic E-state index is 0.199. The van der Waals surface area contributed by atoms with Gasteiger partial charge < -0.3 is 19.5 Å². The molecule has 0 spiro atoms. The molecule has 5 heteroatoms. The maximum Gasteiger partial charge on any atom is 0.255 e. The van der Waals surface area contributed by atoms with Gasteiger partial charge >= 0.3 is 0 Å². The zero-order chi connectivity index (χ0) is 21.0. The molecule has 0 aliphatic heterocycles. The van der Waals surface area contributed by atoms with Crippen LogP contribution < -0.4 is 14.8 Å². The highest BCUT2D eigenvalue weighted by molar-refractivity contribution is 6.04. The summed E-state index contributed by atoms with van der Waals surface area (Å²) in [6.07, 6.45) is 0.813. The van der Waals surface area contributed by atoms with Crippen LogP contribution in [0.25, 0.3) is 0 Å². The van der Waals surface area contributed by atoms with Crippen LogP contribution in [0.1, 0.15) is 22.8 Å². The van der Waals surface area contributed by atoms with Gasteiger partial charge in [0.25, 0.3) is 5.91 Å². The van der Waals surface area contributed by atoms with Gasteiger partial charge in [0.15, 0.2) is 0 Å². The van der Waals surface area contributed by atoms with Gasteiger partial charge in [-0.05, 0) is 42.8 Å². The van der Waals surface area contributed by atoms with Crippen molar-refractivity contribution < 1.29 is 19.0 Å². The summed E-state index contributed by atoms with van der Waals surface area (Å²) in [5.41, 5.74) is 2.42. The molecule has 0 heterocycles. The summed E-state index contributed by atoms with van der Waals surface area (Å²) in [5, 5.41) is 2.90. The summed E-state index contributed by atoms with van der Waals surface area (Å²) in [4.78, 5) is 12.6. The lowest BCUT2D eigenvalue weighted by atomic mass is 10.1. The normalized spacial score (nSPS) is 10.4. The monoisotopic (exact) mass is 405 g/mol. The average molecular weight is 405 g/mol. The van der Waals surface area contributed by atoms with Gasteiger partial charge in [-0.15, -0.1) is 0 Å². The third kappa shape index (κ3) is 6.94. The highest BCUT2D eigenvalue weighted by Crippen LogP contribution is 2.19. The summed E-state index contributed by atoms with van der Waals surface area (Å²) in [5.74, 6) is 1.16. The van der Waals surface area contributed by atoms with Gasteiger partial charge in [0.1, 0.15) is 18.1 Å². The molecule has 1 amide bonds. The predicted molar refractivity (Wildman–Crippen MR) is 118 cm³/mol. The molecule has 0 aromatic heterocycles. The van der Waals surface area contributed by atoms with Gasteiger partial charge in [0.05, 0.1) is 13.2 Å². The second-order valence-corrected chi connectivity index (χ2v) is 6.64. The molecule has 0 radical (unpaired) electrons. The van der Waals surface area contributed by atoms with Crippen LogP contribution in [0.15, 0.2) is 78.9 Å². The van der Waals surface area contributed by atoms with Crippen molar-refractivity contribution in [1.82, 2.24) is 0 Å². The van der Waals surface area contributed by atoms with Gasteiger partial charge in [0, 0.05) is 30.3 Å². The third-order valence-corrected chi connectivity index (χ3v) is 4.39. The fourth-order valence-corrected chi connectivity index (χ4v) is 2.89. The lowest BCUT2D eigenvalue weighted by Crippen LogP contribution is -2.12. The molecule has 3 rings (SSSR count). The van der Waals surface area contributed by atoms with Crippen molar-refractivity contribution >= 4 is 11.6 Å². The Balaban J connectivity index is 1.53. The average Bonchev–Trinajstić information content (AvgIpc) is 2.78. The van der Waals surface area contributed by atoms with Crippen LogP contribution >= 0.6 is 0 Å². The number of hydrogen-bond donors (Lipinski definition) is 1. The first kappa shape index (κ1) is 21.4. The van der Waals surface area contributed by atoms with Crippen LogP contribution in [0.2, 0.25) is 0 Å². The minimum atomic E-state index is -0.199. The molecule has 3 aromatic rings. The molecule has 3 aromatic carbocycles. The fourth-order valence-electron chi connectivity index (χ4n) is 2.89. The number of carbonyl (C=O) groups excluding carboxylic acids is 1. The van der Waals surface area contributed by atoms with E-state index in [4.69, 9.17) is 14.2 Å². The maximum absolute atomic E-state index is 12.6. The number of carbonyl (C=O) groups is 1. The number of anilines is 1. The quantitative estimate of drug-likeness (QED) is 0.457. The van der Waals surface area contributed by atoms with Crippen molar-refractivity contribution in [3.8, 4) is 11.5 Å². The van der Waals surface area contributed by atoms with Crippen molar-refractivity contribution in [3.63, 3.8) is 0 Å². The predicted octanol–water partition coefficient (Wildman–Crippen LogP) is 4.98. The van der Waals surface area contributed by atoms with Crippen LogP contribution in [0.4, 0.5) is 5.69 Å². The first-order chi connectivity index (χ1) is 14.7. The van der Waals surface area contributed by atoms with Crippen molar-refractivity contribution in [1.29, 1.82) is 0 Å². The Morgan fingerprint density at radius 2 is 1.53 bits per heavy atom. The van der Waals surface area contributed by atoms with Crippen molar-refractivity contribution in [2.45, 2.75) is 13.3 Å². The maximum atomic E-state index is 12.6. The first-order valence-corrected chi connectivity index (χ1v) is 10.1. The summed E-state index contributed by atoms with van der Waals surface area (Å²) in [6.45, 7) is 4.15. The number of nitrogens with one attached hydrogen (secondary N) is 1. The smallest absolute Gasteiger partial charge is 0.255 e. The topological polar surface area (TPSA) is 56.8 Å². The molecule has 0 saturated heterocycles. The standard InChI is InChI=1S/C25H27NO4/c1-2-28-16-17-30-24-13-7-11-22(19-24)26-25(27)21-10-6-12-23(18-21)29-15-14-20-8-4-3-5-9-20/h3-13,18-19H,2,14-17H2,1H3,(H,26,27). The van der Waals surface area contributed by atoms with Gasteiger partial charge in [-0.1, -0.05) is 42.5 Å². The number of benzene rings is 3. The molecule has 0 saturated carbocycles. The van der Waals surface area contributed by atoms with E-state index in [1.54, 1.807) is 18.2 Å². The van der Waals surface area contributed by atoms with E-state index in [0.29, 0.717) is 49.2 Å². The molecular formula is C25H27NO4. The summed E-state index contributed by atoms with van der Waals surface area (Å²) >= 11 is 0. The minimum Gasteiger partial charge on any atom is -0.493 e. The summed E-state index contributed by atoms with van der Waals surface area (Å²) < 4.78 is 16.7. The third-order valence-electron chi connectivity index (χ3n) is 4.39. The molecule has 0 atom stereocenters. The van der Waals surface area contributed by atoms with Gasteiger partial charge in [-0.3, -0.25) is 4.79 Å². The number of hydrogen-bond acceptors (Lipinski definition) is 4. The molecule has 0 fully saturated rings. The van der Waals surface area contributed by atoms with E-state index in [1.807, 2.05) is 55.5 Å². The molecular weight excluding hydrogens is 378 g/mol. The zero-order valence-corrected chi connectivity index (χ0v) is 17.2. The largest absolute Gasteiger partial charge is 0.493 e. The Bertz CT molecular complexity index is 927. The summed E-state index contributed by atoms with van der Waals surface area (Å²) in [6, 6.07) is 24.7. The fraction of sp³-hybridized carbons (Fsp3) is 0.240. The molecule has 0 unspecified atom stereocenters. The van der Waals surface area contributed by atoms with E-state index in [0.717, 1.165) is 6.42 Å². The van der Waals surface area contributed by atoms with E-state index >= 15 is 0 Å². The highest BCUT2D eigenvalue weighted by atomic mass is 16.5. The van der Waals surface area contributed by atoms with Crippen LogP contribution in [0.3, 0.4) is 0 Å². The second-order valence-electron chi connectivity index (χ2n) is 6.64. The Morgan fingerprint density at radius 3 is 2.33 bits per heavy atom. The number of rotatable bonds is 11. The van der Waals surface area contributed by atoms with Crippen LogP contribution in [0.5, 0.6) is 11.5 Å². The van der Waals surface area contributed by atoms with E-state index in [1.165, 1.54) is 5.56 Å². The SMILES string of the molecule is CCOCCOc1cccc(NC(=O)c2cccc(OCCc3ccccc3)c2)c1. The molecule has 5 nitrogen and oxygen atoms in total. The Labute approximate surface area is 177 Å². The molecule has 156 valence electrons. The second kappa shape index (κ2) is 11.6. The van der Waals surface area contributed by atoms with Gasteiger partial charge in [0.2, 0.25) is 0 Å². The van der Waals surface area contributed by atoms with Gasteiger partial charge in [-0.25, -0.2) is 0 Å². The van der Waals surface area contributed by atoms with Crippen LogP contribution in [-0.4, -0.2) is 32.3 Å². The van der Waals surface area contributed by atoms with Crippen molar-refractivity contribution in [2.75, 3.05) is 31.7 Å². The van der Waals surface area contributed by atoms with Crippen LogP contribution in [-0.2, 0) is 11.2 Å². The lowest BCUT2D eigenvalue weighted by Gasteiger charge is -2.10. The zero-order valence-electron chi connectivity index (χ0n) is 17.2. The van der Waals surface area contributed by atoms with E-state index < -0.39 is 0 Å². The number of amides is 1. The van der Waals surface area contributed by atoms with Gasteiger partial charge in [-0.2, -0.15) is 0 Å². The molecule has 0 aliphatic rings. The van der Waals surface area contributed by atoms with Crippen LogP contribution in [0, 0.1) is 0 Å². The Morgan fingerprint density at radius 1 is 0.800 bits per heavy atom. The van der Waals surface area contributed by atoms with Crippen molar-refractivity contribution in [2.24, 2.45) is 0 Å². The van der Waals surface area contributed by atoms with E-state index in [2.05, 4.69) is 17.4 Å². The molecule has 0 aliphatic carbocycles. The highest BCUT2D eigenvalue weighted by Gasteiger charge is 2.08. The van der Waals surface area contributed by atoms with Crippen molar-refractivity contribution in [3.05, 3.63) is 90.0 Å². The molecule has 30 heavy (non-hydrogen) atoms. The van der Waals surface area contributed by atoms with E-state index in [9.17, 15) is 4.79 Å². The Kier molecular flexibility index (Phi) is 8.30. The molecule has 1 N–H and O–H groups in total. The Hall–Kier alpha value is -3.31. The van der Waals surface area contributed by atoms with E-state index in [-0.39, 0.29) is 5.91 Å². The number of ether oxygens (including phenoxy) is 3. The first-order valence-electron chi connectivity index (χ1n) is 10.1. The molecule has 0 bridgehead atoms. The summed E-state index contributed by atoms with van der Waals surface area (Å²) in [7, 11) is 0. The lowest BCUT2D eigenvalue weighted by molar-refractivity contribution is 0.102.